The molecule has 8 nitrogen and oxygen atoms in total. The van der Waals surface area contributed by atoms with E-state index in [4.69, 9.17) is 11.6 Å². The number of nitro benzene ring substituents is 1. The summed E-state index contributed by atoms with van der Waals surface area (Å²) in [5.41, 5.74) is 1.89. The molecule has 0 spiro atoms. The third-order valence-electron chi connectivity index (χ3n) is 5.39. The molecule has 0 saturated carbocycles. The molecular weight excluding hydrogens is 418 g/mol. The van der Waals surface area contributed by atoms with Gasteiger partial charge in [0, 0.05) is 29.4 Å². The molecule has 2 unspecified atom stereocenters. The monoisotopic (exact) mass is 435 g/mol. The molecular formula is C19H18ClN3O5S. The Bertz CT molecular complexity index is 1120. The summed E-state index contributed by atoms with van der Waals surface area (Å²) in [7, 11) is -3.31. The molecule has 2 aliphatic heterocycles. The van der Waals surface area contributed by atoms with Crippen LogP contribution >= 0.6 is 11.6 Å². The minimum absolute atomic E-state index is 0.0769. The van der Waals surface area contributed by atoms with Crippen molar-refractivity contribution < 1.29 is 18.1 Å². The maximum absolute atomic E-state index is 13.2. The first-order valence-corrected chi connectivity index (χ1v) is 11.2. The van der Waals surface area contributed by atoms with Crippen molar-refractivity contribution in [3.63, 3.8) is 0 Å². The zero-order valence-corrected chi connectivity index (χ0v) is 17.1. The second kappa shape index (κ2) is 7.00. The quantitative estimate of drug-likeness (QED) is 0.417. The topological polar surface area (TPSA) is 101 Å². The number of hydrogen-bond donors (Lipinski definition) is 0. The number of halogens is 1. The van der Waals surface area contributed by atoms with Crippen molar-refractivity contribution in [1.82, 2.24) is 4.90 Å². The van der Waals surface area contributed by atoms with Crippen LogP contribution in [-0.4, -0.2) is 47.9 Å². The fourth-order valence-corrected chi connectivity index (χ4v) is 6.09. The summed E-state index contributed by atoms with van der Waals surface area (Å²) in [5.74, 6) is -0.255. The summed E-state index contributed by atoms with van der Waals surface area (Å²) in [6.45, 7) is 1.93. The van der Waals surface area contributed by atoms with Gasteiger partial charge in [-0.2, -0.15) is 0 Å². The number of nitro groups is 1. The van der Waals surface area contributed by atoms with E-state index in [0.717, 1.165) is 5.56 Å². The van der Waals surface area contributed by atoms with E-state index in [1.54, 1.807) is 30.3 Å². The highest BCUT2D eigenvalue weighted by molar-refractivity contribution is 7.91. The predicted molar refractivity (Wildman–Crippen MR) is 109 cm³/mol. The Morgan fingerprint density at radius 1 is 1.17 bits per heavy atom. The number of anilines is 1. The first-order chi connectivity index (χ1) is 13.7. The highest BCUT2D eigenvalue weighted by atomic mass is 35.5. The summed E-state index contributed by atoms with van der Waals surface area (Å²) in [4.78, 5) is 26.7. The number of rotatable bonds is 4. The van der Waals surface area contributed by atoms with Gasteiger partial charge in [-0.3, -0.25) is 15.0 Å². The fourth-order valence-electron chi connectivity index (χ4n) is 3.96. The first kappa shape index (κ1) is 19.7. The van der Waals surface area contributed by atoms with Gasteiger partial charge >= 0.3 is 6.03 Å². The third kappa shape index (κ3) is 3.56. The van der Waals surface area contributed by atoms with Crippen LogP contribution in [0.1, 0.15) is 11.1 Å². The minimum Gasteiger partial charge on any atom is -0.314 e. The molecule has 152 valence electrons. The van der Waals surface area contributed by atoms with Crippen LogP contribution in [0.15, 0.2) is 42.5 Å². The van der Waals surface area contributed by atoms with E-state index in [-0.39, 0.29) is 29.8 Å². The third-order valence-corrected chi connectivity index (χ3v) is 7.49. The van der Waals surface area contributed by atoms with Crippen molar-refractivity contribution in [2.75, 3.05) is 16.4 Å². The van der Waals surface area contributed by atoms with Crippen LogP contribution in [0.4, 0.5) is 16.2 Å². The molecule has 0 aromatic heterocycles. The molecule has 2 atom stereocenters. The lowest BCUT2D eigenvalue weighted by atomic mass is 10.1. The maximum Gasteiger partial charge on any atom is 0.325 e. The average molecular weight is 436 g/mol. The van der Waals surface area contributed by atoms with Crippen molar-refractivity contribution in [2.24, 2.45) is 0 Å². The maximum atomic E-state index is 13.2. The summed E-state index contributed by atoms with van der Waals surface area (Å²) < 4.78 is 24.6. The molecule has 2 aliphatic rings. The zero-order chi connectivity index (χ0) is 20.9. The number of benzene rings is 2. The second-order valence-corrected chi connectivity index (χ2v) is 9.91. The molecule has 0 bridgehead atoms. The lowest BCUT2D eigenvalue weighted by Crippen LogP contribution is -2.37. The summed E-state index contributed by atoms with van der Waals surface area (Å²) in [6.07, 6.45) is 0. The predicted octanol–water partition coefficient (Wildman–Crippen LogP) is 3.16. The van der Waals surface area contributed by atoms with Gasteiger partial charge in [-0.1, -0.05) is 29.8 Å². The number of nitrogens with zero attached hydrogens (tertiary/aromatic N) is 3. The van der Waals surface area contributed by atoms with Crippen LogP contribution in [0, 0.1) is 17.0 Å². The molecule has 10 heteroatoms. The molecule has 2 saturated heterocycles. The minimum atomic E-state index is -3.31. The van der Waals surface area contributed by atoms with Gasteiger partial charge in [0.15, 0.2) is 9.84 Å². The number of non-ortho nitro benzene ring substituents is 1. The van der Waals surface area contributed by atoms with Crippen molar-refractivity contribution in [1.29, 1.82) is 0 Å². The number of sulfone groups is 1. The van der Waals surface area contributed by atoms with E-state index in [1.807, 2.05) is 6.92 Å². The van der Waals surface area contributed by atoms with Crippen LogP contribution in [0.25, 0.3) is 0 Å². The van der Waals surface area contributed by atoms with Crippen LogP contribution in [0.3, 0.4) is 0 Å². The van der Waals surface area contributed by atoms with Crippen molar-refractivity contribution in [2.45, 2.75) is 25.6 Å². The molecule has 2 heterocycles. The van der Waals surface area contributed by atoms with E-state index in [9.17, 15) is 23.3 Å². The molecule has 29 heavy (non-hydrogen) atoms. The van der Waals surface area contributed by atoms with E-state index in [1.165, 1.54) is 21.9 Å². The highest BCUT2D eigenvalue weighted by Crippen LogP contribution is 2.37. The van der Waals surface area contributed by atoms with Crippen molar-refractivity contribution in [3.05, 3.63) is 68.7 Å². The number of hydrogen-bond acceptors (Lipinski definition) is 5. The molecule has 2 aromatic rings. The Hall–Kier alpha value is -2.65. The number of amides is 2. The van der Waals surface area contributed by atoms with E-state index in [2.05, 4.69) is 0 Å². The summed E-state index contributed by atoms with van der Waals surface area (Å²) in [6, 6.07) is 9.82. The standard InChI is InChI=1S/C19H18ClN3O5S/c1-12-5-6-14(8-16(12)20)22-18-11-29(27,28)10-17(18)21(19(22)24)9-13-3-2-4-15(7-13)23(25)26/h2-8,17-18H,9-11H2,1H3. The van der Waals surface area contributed by atoms with Crippen LogP contribution < -0.4 is 4.90 Å². The van der Waals surface area contributed by atoms with Gasteiger partial charge in [0.2, 0.25) is 0 Å². The van der Waals surface area contributed by atoms with E-state index >= 15 is 0 Å². The highest BCUT2D eigenvalue weighted by Gasteiger charge is 2.53. The lowest BCUT2D eigenvalue weighted by Gasteiger charge is -2.23. The van der Waals surface area contributed by atoms with Crippen LogP contribution in [-0.2, 0) is 16.4 Å². The SMILES string of the molecule is Cc1ccc(N2C(=O)N(Cc3cccc([N+](=O)[O-])c3)C3CS(=O)(=O)CC32)cc1Cl. The number of fused-ring (bicyclic) bond motifs is 1. The van der Waals surface area contributed by atoms with Crippen LogP contribution in [0.5, 0.6) is 0 Å². The van der Waals surface area contributed by atoms with Gasteiger partial charge in [-0.25, -0.2) is 13.2 Å². The van der Waals surface area contributed by atoms with Crippen molar-refractivity contribution in [3.8, 4) is 0 Å². The van der Waals surface area contributed by atoms with E-state index in [0.29, 0.717) is 16.3 Å². The average Bonchev–Trinajstić information content (AvgIpc) is 3.08. The molecule has 0 N–H and O–H groups in total. The van der Waals surface area contributed by atoms with Crippen molar-refractivity contribution >= 4 is 38.8 Å². The molecule has 2 aromatic carbocycles. The Kier molecular flexibility index (Phi) is 4.74. The van der Waals surface area contributed by atoms with Gasteiger partial charge in [0.25, 0.3) is 5.69 Å². The summed E-state index contributed by atoms with van der Waals surface area (Å²) >= 11 is 6.22. The molecule has 0 radical (unpaired) electrons. The van der Waals surface area contributed by atoms with Gasteiger partial charge in [0.05, 0.1) is 28.5 Å². The Morgan fingerprint density at radius 3 is 2.59 bits per heavy atom. The number of carbonyl (C=O) groups excluding carboxylic acids is 1. The van der Waals surface area contributed by atoms with E-state index < -0.39 is 26.8 Å². The summed E-state index contributed by atoms with van der Waals surface area (Å²) in [5, 5.41) is 11.5. The Morgan fingerprint density at radius 2 is 1.90 bits per heavy atom. The van der Waals surface area contributed by atoms with Gasteiger partial charge < -0.3 is 4.90 Å². The Labute approximate surface area is 172 Å². The van der Waals surface area contributed by atoms with Crippen LogP contribution in [0.2, 0.25) is 5.02 Å². The number of urea groups is 1. The van der Waals surface area contributed by atoms with Gasteiger partial charge in [0.1, 0.15) is 0 Å². The largest absolute Gasteiger partial charge is 0.325 e. The molecule has 2 amide bonds. The first-order valence-electron chi connectivity index (χ1n) is 8.96. The molecule has 4 rings (SSSR count). The second-order valence-electron chi connectivity index (χ2n) is 7.35. The fraction of sp³-hybridized carbons (Fsp3) is 0.316. The number of aryl methyl sites for hydroxylation is 1. The normalized spacial score (nSPS) is 22.8. The smallest absolute Gasteiger partial charge is 0.314 e. The zero-order valence-electron chi connectivity index (χ0n) is 15.5. The molecule has 0 aliphatic carbocycles. The van der Waals surface area contributed by atoms with Gasteiger partial charge in [-0.15, -0.1) is 0 Å². The molecule has 2 fully saturated rings. The number of carbonyl (C=O) groups is 1. The Balaban J connectivity index is 1.71. The van der Waals surface area contributed by atoms with Gasteiger partial charge in [-0.05, 0) is 30.2 Å². The lowest BCUT2D eigenvalue weighted by molar-refractivity contribution is -0.384.